The molecule has 29 heavy (non-hydrogen) atoms. The van der Waals surface area contributed by atoms with E-state index in [0.717, 1.165) is 44.1 Å². The van der Waals surface area contributed by atoms with Gasteiger partial charge >= 0.3 is 0 Å². The van der Waals surface area contributed by atoms with Crippen LogP contribution in [0.1, 0.15) is 27.7 Å². The molecule has 1 aromatic heterocycles. The van der Waals surface area contributed by atoms with E-state index in [1.807, 2.05) is 23.6 Å². The first-order chi connectivity index (χ1) is 14.2. The number of carbonyl (C=O) groups excluding carboxylic acids is 3. The van der Waals surface area contributed by atoms with E-state index < -0.39 is 23.7 Å². The zero-order valence-electron chi connectivity index (χ0n) is 16.2. The lowest BCUT2D eigenvalue weighted by atomic mass is 9.89. The van der Waals surface area contributed by atoms with Crippen molar-refractivity contribution in [1.82, 2.24) is 4.90 Å². The number of ketones is 2. The quantitative estimate of drug-likeness (QED) is 0.418. The highest BCUT2D eigenvalue weighted by Crippen LogP contribution is 2.40. The number of hydrogen-bond acceptors (Lipinski definition) is 5. The maximum atomic E-state index is 13.2. The first-order valence-electron chi connectivity index (χ1n) is 10.1. The van der Waals surface area contributed by atoms with E-state index in [0.29, 0.717) is 12.1 Å². The molecule has 2 atom stereocenters. The molecule has 0 radical (unpaired) electrons. The number of morpholine rings is 1. The van der Waals surface area contributed by atoms with Gasteiger partial charge in [0.15, 0.2) is 5.78 Å². The fourth-order valence-corrected chi connectivity index (χ4v) is 5.07. The van der Waals surface area contributed by atoms with Crippen LogP contribution in [0.3, 0.4) is 0 Å². The lowest BCUT2D eigenvalue weighted by Crippen LogP contribution is -3.14. The zero-order valence-corrected chi connectivity index (χ0v) is 17.0. The van der Waals surface area contributed by atoms with Crippen molar-refractivity contribution in [2.24, 2.45) is 5.92 Å². The van der Waals surface area contributed by atoms with E-state index in [2.05, 4.69) is 0 Å². The van der Waals surface area contributed by atoms with E-state index in [9.17, 15) is 14.4 Å². The summed E-state index contributed by atoms with van der Waals surface area (Å²) in [5, 5.41) is 1.92. The van der Waals surface area contributed by atoms with Gasteiger partial charge in [0.25, 0.3) is 5.91 Å². The van der Waals surface area contributed by atoms with Gasteiger partial charge in [0.1, 0.15) is 19.0 Å². The number of benzene rings is 1. The smallest absolute Gasteiger partial charge is 0.291 e. The molecule has 1 amide bonds. The van der Waals surface area contributed by atoms with Gasteiger partial charge < -0.3 is 14.5 Å². The highest BCUT2D eigenvalue weighted by Gasteiger charge is 2.51. The Bertz CT molecular complexity index is 862. The average Bonchev–Trinajstić information content (AvgIpc) is 3.37. The van der Waals surface area contributed by atoms with Gasteiger partial charge in [-0.05, 0) is 11.4 Å². The predicted octanol–water partition coefficient (Wildman–Crippen LogP) is 1.00. The molecule has 2 aliphatic rings. The van der Waals surface area contributed by atoms with Crippen molar-refractivity contribution < 1.29 is 24.0 Å². The van der Waals surface area contributed by atoms with Crippen molar-refractivity contribution in [1.29, 1.82) is 0 Å². The van der Waals surface area contributed by atoms with Gasteiger partial charge in [-0.25, -0.2) is 0 Å². The van der Waals surface area contributed by atoms with Crippen molar-refractivity contribution in [3.8, 4) is 0 Å². The number of nitrogens with one attached hydrogen (secondary N) is 1. The van der Waals surface area contributed by atoms with Gasteiger partial charge in [-0.2, -0.15) is 0 Å². The van der Waals surface area contributed by atoms with Crippen LogP contribution in [-0.2, 0) is 14.3 Å². The molecule has 4 rings (SSSR count). The second kappa shape index (κ2) is 8.98. The molecule has 1 N–H and O–H groups in total. The lowest BCUT2D eigenvalue weighted by Gasteiger charge is -2.28. The summed E-state index contributed by atoms with van der Waals surface area (Å²) in [6.45, 7) is 4.88. The molecule has 2 fully saturated rings. The summed E-state index contributed by atoms with van der Waals surface area (Å²) in [4.78, 5) is 42.8. The van der Waals surface area contributed by atoms with Crippen molar-refractivity contribution in [3.63, 3.8) is 0 Å². The molecular weight excluding hydrogens is 388 g/mol. The Morgan fingerprint density at radius 1 is 1.10 bits per heavy atom. The first kappa shape index (κ1) is 19.9. The van der Waals surface area contributed by atoms with Gasteiger partial charge in [-0.1, -0.05) is 36.4 Å². The fourth-order valence-electron chi connectivity index (χ4n) is 4.20. The molecule has 152 valence electrons. The van der Waals surface area contributed by atoms with Crippen LogP contribution in [0.5, 0.6) is 0 Å². The van der Waals surface area contributed by atoms with E-state index in [1.54, 1.807) is 29.2 Å². The van der Waals surface area contributed by atoms with Crippen LogP contribution in [0.2, 0.25) is 0 Å². The standard InChI is InChI=1S/C22H24N2O4S/c25-20(16-6-2-1-3-7-16)18-19(17-8-4-15-29-17)24(22(27)21(18)26)10-5-9-23-11-13-28-14-12-23/h1-4,6-8,15,18-19H,5,9-14H2/p+1. The van der Waals surface area contributed by atoms with Gasteiger partial charge in [0, 0.05) is 23.4 Å². The molecule has 0 saturated carbocycles. The van der Waals surface area contributed by atoms with Crippen LogP contribution in [-0.4, -0.2) is 61.8 Å². The van der Waals surface area contributed by atoms with E-state index in [4.69, 9.17) is 4.74 Å². The number of hydrogen-bond donors (Lipinski definition) is 1. The maximum Gasteiger partial charge on any atom is 0.291 e. The summed E-state index contributed by atoms with van der Waals surface area (Å²) >= 11 is 1.49. The highest BCUT2D eigenvalue weighted by molar-refractivity contribution is 7.10. The number of carbonyl (C=O) groups is 3. The van der Waals surface area contributed by atoms with Crippen LogP contribution in [0.4, 0.5) is 0 Å². The molecule has 2 unspecified atom stereocenters. The van der Waals surface area contributed by atoms with Gasteiger partial charge in [-0.15, -0.1) is 11.3 Å². The number of Topliss-reactive ketones (excluding diaryl/α,β-unsaturated/α-hetero) is 2. The summed E-state index contributed by atoms with van der Waals surface area (Å²) in [5.41, 5.74) is 0.472. The van der Waals surface area contributed by atoms with Crippen molar-refractivity contribution in [3.05, 3.63) is 58.3 Å². The van der Waals surface area contributed by atoms with E-state index in [-0.39, 0.29) is 5.78 Å². The normalized spacial score (nSPS) is 23.0. The summed E-state index contributed by atoms with van der Waals surface area (Å²) in [5.74, 6) is -2.37. The number of quaternary nitrogens is 1. The second-order valence-electron chi connectivity index (χ2n) is 7.50. The molecule has 2 saturated heterocycles. The average molecular weight is 414 g/mol. The molecule has 3 heterocycles. The Morgan fingerprint density at radius 2 is 1.86 bits per heavy atom. The van der Waals surface area contributed by atoms with Crippen LogP contribution in [0.15, 0.2) is 47.8 Å². The van der Waals surface area contributed by atoms with E-state index >= 15 is 0 Å². The maximum absolute atomic E-state index is 13.2. The van der Waals surface area contributed by atoms with Gasteiger partial charge in [-0.3, -0.25) is 14.4 Å². The Balaban J connectivity index is 1.54. The van der Waals surface area contributed by atoms with Gasteiger partial charge in [0.05, 0.1) is 25.8 Å². The molecule has 2 aromatic rings. The monoisotopic (exact) mass is 413 g/mol. The molecule has 6 nitrogen and oxygen atoms in total. The predicted molar refractivity (Wildman–Crippen MR) is 109 cm³/mol. The number of rotatable bonds is 7. The molecule has 0 aliphatic carbocycles. The molecule has 2 aliphatic heterocycles. The Labute approximate surface area is 174 Å². The second-order valence-corrected chi connectivity index (χ2v) is 8.48. The number of thiophene rings is 1. The van der Waals surface area contributed by atoms with Crippen molar-refractivity contribution in [2.45, 2.75) is 12.5 Å². The third-order valence-electron chi connectivity index (χ3n) is 5.71. The van der Waals surface area contributed by atoms with Crippen LogP contribution >= 0.6 is 11.3 Å². The summed E-state index contributed by atoms with van der Waals surface area (Å²) in [6, 6.07) is 12.1. The number of ether oxygens (including phenoxy) is 1. The summed E-state index contributed by atoms with van der Waals surface area (Å²) in [7, 11) is 0. The SMILES string of the molecule is O=C1C(=O)N(CCC[NH+]2CCOCC2)C(c2cccs2)C1C(=O)c1ccccc1. The minimum absolute atomic E-state index is 0.274. The molecule has 0 bridgehead atoms. The minimum Gasteiger partial charge on any atom is -0.370 e. The van der Waals surface area contributed by atoms with E-state index in [1.165, 1.54) is 16.2 Å². The third kappa shape index (κ3) is 4.17. The zero-order chi connectivity index (χ0) is 20.2. The molecular formula is C22H25N2O4S+. The Kier molecular flexibility index (Phi) is 6.18. The molecule has 7 heteroatoms. The number of nitrogens with zero attached hydrogens (tertiary/aromatic N) is 1. The fraction of sp³-hybridized carbons (Fsp3) is 0.409. The Morgan fingerprint density at radius 3 is 2.55 bits per heavy atom. The number of amides is 1. The highest BCUT2D eigenvalue weighted by atomic mass is 32.1. The van der Waals surface area contributed by atoms with Crippen LogP contribution in [0.25, 0.3) is 0 Å². The molecule has 0 spiro atoms. The number of likely N-dealkylation sites (tertiary alicyclic amines) is 1. The largest absolute Gasteiger partial charge is 0.370 e. The minimum atomic E-state index is -0.973. The summed E-state index contributed by atoms with van der Waals surface area (Å²) < 4.78 is 5.39. The lowest BCUT2D eigenvalue weighted by molar-refractivity contribution is -0.908. The summed E-state index contributed by atoms with van der Waals surface area (Å²) in [6.07, 6.45) is 0.794. The Hall–Kier alpha value is -2.35. The van der Waals surface area contributed by atoms with Crippen molar-refractivity contribution in [2.75, 3.05) is 39.4 Å². The van der Waals surface area contributed by atoms with Crippen LogP contribution in [0, 0.1) is 5.92 Å². The van der Waals surface area contributed by atoms with Crippen molar-refractivity contribution >= 4 is 28.8 Å². The topological polar surface area (TPSA) is 68.1 Å². The molecule has 1 aromatic carbocycles. The van der Waals surface area contributed by atoms with Crippen LogP contribution < -0.4 is 4.90 Å². The third-order valence-corrected chi connectivity index (χ3v) is 6.65. The first-order valence-corrected chi connectivity index (χ1v) is 10.9. The van der Waals surface area contributed by atoms with Gasteiger partial charge in [0.2, 0.25) is 5.78 Å².